The number of carboxylic acids is 1. The van der Waals surface area contributed by atoms with Gasteiger partial charge in [0.1, 0.15) is 24.2 Å². The van der Waals surface area contributed by atoms with Gasteiger partial charge >= 0.3 is 5.97 Å². The van der Waals surface area contributed by atoms with Gasteiger partial charge in [-0.25, -0.2) is 4.98 Å². The quantitative estimate of drug-likeness (QED) is 0.199. The third-order valence-electron chi connectivity index (χ3n) is 4.50. The Hall–Kier alpha value is -2.99. The third kappa shape index (κ3) is 8.72. The summed E-state index contributed by atoms with van der Waals surface area (Å²) in [6, 6.07) is -4.51. The standard InChI is InChI=1S/C19H32N6O6/c1-9(2)5-13(25-18(29)15(20)11(4)26)17(28)24-14(6-12-7-21-8-22-12)16(27)23-10(3)19(30)31/h7-11,13-15,26H,5-6,20H2,1-4H3,(H,21,22)(H,23,27)(H,24,28)(H,25,29)(H,30,31). The number of nitrogens with one attached hydrogen (secondary N) is 4. The first-order chi connectivity index (χ1) is 14.4. The van der Waals surface area contributed by atoms with Crippen LogP contribution in [-0.2, 0) is 25.6 Å². The maximum absolute atomic E-state index is 12.9. The van der Waals surface area contributed by atoms with Crippen molar-refractivity contribution in [2.45, 2.75) is 70.8 Å². The largest absolute Gasteiger partial charge is 0.480 e. The van der Waals surface area contributed by atoms with Crippen LogP contribution >= 0.6 is 0 Å². The number of aliphatic carboxylic acids is 1. The molecule has 0 saturated heterocycles. The topological polar surface area (TPSA) is 200 Å². The van der Waals surface area contributed by atoms with E-state index in [0.29, 0.717) is 5.69 Å². The molecule has 0 saturated carbocycles. The molecule has 0 radical (unpaired) electrons. The highest BCUT2D eigenvalue weighted by Crippen LogP contribution is 2.08. The maximum Gasteiger partial charge on any atom is 0.325 e. The summed E-state index contributed by atoms with van der Waals surface area (Å²) in [5.74, 6) is -3.25. The number of rotatable bonds is 12. The predicted octanol–water partition coefficient (Wildman–Crippen LogP) is -1.73. The average Bonchev–Trinajstić information content (AvgIpc) is 3.18. The fourth-order valence-corrected chi connectivity index (χ4v) is 2.66. The summed E-state index contributed by atoms with van der Waals surface area (Å²) in [6.07, 6.45) is 2.06. The van der Waals surface area contributed by atoms with Gasteiger partial charge < -0.3 is 36.9 Å². The van der Waals surface area contributed by atoms with Crippen LogP contribution in [0.15, 0.2) is 12.5 Å². The molecule has 0 aliphatic heterocycles. The van der Waals surface area contributed by atoms with E-state index < -0.39 is 54.0 Å². The number of amides is 3. The van der Waals surface area contributed by atoms with E-state index in [1.54, 1.807) is 0 Å². The highest BCUT2D eigenvalue weighted by atomic mass is 16.4. The van der Waals surface area contributed by atoms with Gasteiger partial charge in [-0.2, -0.15) is 0 Å². The number of aliphatic hydroxyl groups is 1. The number of aliphatic hydroxyl groups excluding tert-OH is 1. The number of aromatic amines is 1. The first kappa shape index (κ1) is 26.0. The second-order valence-electron chi connectivity index (χ2n) is 7.87. The Labute approximate surface area is 180 Å². The van der Waals surface area contributed by atoms with Crippen LogP contribution in [0.2, 0.25) is 0 Å². The summed E-state index contributed by atoms with van der Waals surface area (Å²) in [4.78, 5) is 55.5. The molecule has 0 aromatic carbocycles. The lowest BCUT2D eigenvalue weighted by Crippen LogP contribution is -2.58. The van der Waals surface area contributed by atoms with E-state index in [4.69, 9.17) is 10.8 Å². The Bertz CT molecular complexity index is 751. The van der Waals surface area contributed by atoms with Crippen LogP contribution in [0.1, 0.15) is 39.8 Å². The third-order valence-corrected chi connectivity index (χ3v) is 4.50. The van der Waals surface area contributed by atoms with Crippen molar-refractivity contribution in [3.63, 3.8) is 0 Å². The lowest BCUT2D eigenvalue weighted by molar-refractivity contribution is -0.141. The molecule has 5 unspecified atom stereocenters. The number of hydrogen-bond acceptors (Lipinski definition) is 7. The molecule has 0 aliphatic rings. The summed E-state index contributed by atoms with van der Waals surface area (Å²) in [7, 11) is 0. The zero-order valence-corrected chi connectivity index (χ0v) is 18.1. The molecule has 8 N–H and O–H groups in total. The van der Waals surface area contributed by atoms with Crippen molar-refractivity contribution in [2.75, 3.05) is 0 Å². The lowest BCUT2D eigenvalue weighted by atomic mass is 10.0. The van der Waals surface area contributed by atoms with Gasteiger partial charge in [0.05, 0.1) is 12.4 Å². The van der Waals surface area contributed by atoms with Crippen molar-refractivity contribution in [3.05, 3.63) is 18.2 Å². The van der Waals surface area contributed by atoms with Crippen LogP contribution in [0.4, 0.5) is 0 Å². The van der Waals surface area contributed by atoms with E-state index in [9.17, 15) is 24.3 Å². The van der Waals surface area contributed by atoms with Crippen molar-refractivity contribution in [3.8, 4) is 0 Å². The normalized spacial score (nSPS) is 16.0. The molecular formula is C19H32N6O6. The Morgan fingerprint density at radius 3 is 2.10 bits per heavy atom. The van der Waals surface area contributed by atoms with Gasteiger partial charge in [-0.3, -0.25) is 19.2 Å². The Morgan fingerprint density at radius 1 is 1.03 bits per heavy atom. The Morgan fingerprint density at radius 2 is 1.61 bits per heavy atom. The summed E-state index contributed by atoms with van der Waals surface area (Å²) in [6.45, 7) is 6.36. The minimum Gasteiger partial charge on any atom is -0.480 e. The first-order valence-corrected chi connectivity index (χ1v) is 9.97. The molecule has 174 valence electrons. The van der Waals surface area contributed by atoms with Crippen LogP contribution in [0.3, 0.4) is 0 Å². The van der Waals surface area contributed by atoms with E-state index >= 15 is 0 Å². The maximum atomic E-state index is 12.9. The van der Waals surface area contributed by atoms with E-state index in [0.717, 1.165) is 0 Å². The molecule has 3 amide bonds. The average molecular weight is 441 g/mol. The van der Waals surface area contributed by atoms with Gasteiger partial charge in [0.2, 0.25) is 17.7 Å². The SMILES string of the molecule is CC(C)CC(NC(=O)C(N)C(C)O)C(=O)NC(Cc1cnc[nH]1)C(=O)NC(C)C(=O)O. The number of hydrogen-bond donors (Lipinski definition) is 7. The van der Waals surface area contributed by atoms with Crippen molar-refractivity contribution < 1.29 is 29.4 Å². The number of nitrogens with two attached hydrogens (primary N) is 1. The Balaban J connectivity index is 3.00. The Kier molecular flexibility index (Phi) is 10.1. The van der Waals surface area contributed by atoms with Gasteiger partial charge in [0.15, 0.2) is 0 Å². The number of carbonyl (C=O) groups is 4. The molecule has 1 aromatic heterocycles. The van der Waals surface area contributed by atoms with Gasteiger partial charge in [0, 0.05) is 18.3 Å². The molecule has 0 aliphatic carbocycles. The van der Waals surface area contributed by atoms with Crippen molar-refractivity contribution in [2.24, 2.45) is 11.7 Å². The summed E-state index contributed by atoms with van der Waals surface area (Å²) >= 11 is 0. The molecule has 1 aromatic rings. The van der Waals surface area contributed by atoms with Crippen molar-refractivity contribution >= 4 is 23.7 Å². The number of carbonyl (C=O) groups excluding carboxylic acids is 3. The smallest absolute Gasteiger partial charge is 0.325 e. The van der Waals surface area contributed by atoms with Gasteiger partial charge in [0.25, 0.3) is 0 Å². The van der Waals surface area contributed by atoms with Gasteiger partial charge in [-0.1, -0.05) is 13.8 Å². The summed E-state index contributed by atoms with van der Waals surface area (Å²) in [5.41, 5.74) is 6.18. The van der Waals surface area contributed by atoms with Crippen molar-refractivity contribution in [1.29, 1.82) is 0 Å². The molecule has 1 rings (SSSR count). The fourth-order valence-electron chi connectivity index (χ4n) is 2.66. The minimum atomic E-state index is -1.22. The highest BCUT2D eigenvalue weighted by molar-refractivity contribution is 5.94. The van der Waals surface area contributed by atoms with Gasteiger partial charge in [-0.05, 0) is 26.2 Å². The number of carboxylic acid groups (broad SMARTS) is 1. The van der Waals surface area contributed by atoms with E-state index in [1.165, 1.54) is 26.4 Å². The minimum absolute atomic E-state index is 0.0192. The van der Waals surface area contributed by atoms with Gasteiger partial charge in [-0.15, -0.1) is 0 Å². The molecule has 12 nitrogen and oxygen atoms in total. The summed E-state index contributed by atoms with van der Waals surface area (Å²) in [5, 5.41) is 26.0. The number of imidazole rings is 1. The monoisotopic (exact) mass is 440 g/mol. The highest BCUT2D eigenvalue weighted by Gasteiger charge is 2.31. The molecule has 0 fully saturated rings. The second kappa shape index (κ2) is 12.0. The molecule has 5 atom stereocenters. The lowest BCUT2D eigenvalue weighted by Gasteiger charge is -2.26. The molecular weight excluding hydrogens is 408 g/mol. The zero-order valence-electron chi connectivity index (χ0n) is 18.1. The van der Waals surface area contributed by atoms with E-state index in [1.807, 2.05) is 13.8 Å². The number of nitrogens with zero attached hydrogens (tertiary/aromatic N) is 1. The second-order valence-corrected chi connectivity index (χ2v) is 7.87. The van der Waals surface area contributed by atoms with Crippen LogP contribution in [0.5, 0.6) is 0 Å². The van der Waals surface area contributed by atoms with Crippen molar-refractivity contribution in [1.82, 2.24) is 25.9 Å². The van der Waals surface area contributed by atoms with Crippen LogP contribution < -0.4 is 21.7 Å². The number of H-pyrrole nitrogens is 1. The first-order valence-electron chi connectivity index (χ1n) is 9.97. The zero-order chi connectivity index (χ0) is 23.7. The predicted molar refractivity (Wildman–Crippen MR) is 111 cm³/mol. The molecule has 0 spiro atoms. The van der Waals surface area contributed by atoms with Crippen LogP contribution in [0.25, 0.3) is 0 Å². The molecule has 0 bridgehead atoms. The fraction of sp³-hybridized carbons (Fsp3) is 0.632. The molecule has 31 heavy (non-hydrogen) atoms. The van der Waals surface area contributed by atoms with Crippen LogP contribution in [0, 0.1) is 5.92 Å². The number of aromatic nitrogens is 2. The van der Waals surface area contributed by atoms with E-state index in [-0.39, 0.29) is 18.8 Å². The van der Waals surface area contributed by atoms with E-state index in [2.05, 4.69) is 25.9 Å². The molecule has 1 heterocycles. The van der Waals surface area contributed by atoms with Crippen LogP contribution in [-0.4, -0.2) is 74.1 Å². The molecule has 12 heteroatoms. The summed E-state index contributed by atoms with van der Waals surface area (Å²) < 4.78 is 0.